The summed E-state index contributed by atoms with van der Waals surface area (Å²) in [6, 6.07) is 0. The molecule has 0 atom stereocenters. The first-order valence-corrected chi connectivity index (χ1v) is 10.1. The lowest BCUT2D eigenvalue weighted by molar-refractivity contribution is 0.718. The average molecular weight is 313 g/mol. The maximum absolute atomic E-state index is 2.09. The molecule has 18 heavy (non-hydrogen) atoms. The fourth-order valence-corrected chi connectivity index (χ4v) is 8.91. The summed E-state index contributed by atoms with van der Waals surface area (Å²) in [4.78, 5) is 6.78. The topological polar surface area (TPSA) is 0 Å². The fraction of sp³-hybridized carbons (Fsp3) is 0.571. The summed E-state index contributed by atoms with van der Waals surface area (Å²) >= 11 is 8.36. The largest absolute Gasteiger partial charge is 0.0846 e. The molecule has 0 spiro atoms. The van der Waals surface area contributed by atoms with Crippen molar-refractivity contribution in [3.05, 3.63) is 28.1 Å². The maximum atomic E-state index is 2.09. The van der Waals surface area contributed by atoms with E-state index in [0.717, 1.165) is 0 Å². The highest BCUT2D eigenvalue weighted by atomic mass is 32.2. The lowest BCUT2D eigenvalue weighted by atomic mass is 10.1. The van der Waals surface area contributed by atoms with Gasteiger partial charge in [0.2, 0.25) is 0 Å². The van der Waals surface area contributed by atoms with Gasteiger partial charge in [-0.2, -0.15) is 0 Å². The normalized spacial score (nSPS) is 28.0. The Hall–Kier alpha value is 0.620. The van der Waals surface area contributed by atoms with E-state index < -0.39 is 0 Å². The summed E-state index contributed by atoms with van der Waals surface area (Å²) in [7, 11) is 0. The van der Waals surface area contributed by atoms with Crippen LogP contribution in [0.25, 0.3) is 0 Å². The molecule has 0 nitrogen and oxygen atoms in total. The van der Waals surface area contributed by atoms with Gasteiger partial charge in [0.05, 0.1) is 8.47 Å². The van der Waals surface area contributed by atoms with Crippen LogP contribution in [0.2, 0.25) is 0 Å². The summed E-state index contributed by atoms with van der Waals surface area (Å²) in [5.74, 6) is 0. The number of allylic oxidation sites excluding steroid dienone is 4. The predicted octanol–water partition coefficient (Wildman–Crippen LogP) is 6.64. The van der Waals surface area contributed by atoms with E-state index in [1.54, 1.807) is 28.1 Å². The minimum Gasteiger partial charge on any atom is -0.0846 e. The predicted molar refractivity (Wildman–Crippen MR) is 88.4 cm³/mol. The van der Waals surface area contributed by atoms with Crippen molar-refractivity contribution in [2.24, 2.45) is 0 Å². The van der Waals surface area contributed by atoms with E-state index in [0.29, 0.717) is 0 Å². The van der Waals surface area contributed by atoms with Crippen molar-refractivity contribution in [3.8, 4) is 0 Å². The lowest BCUT2D eigenvalue weighted by Gasteiger charge is -2.09. The molecule has 2 aliphatic carbocycles. The van der Waals surface area contributed by atoms with Crippen molar-refractivity contribution < 1.29 is 0 Å². The smallest absolute Gasteiger partial charge is 0.0700 e. The number of thioether (sulfide) groups is 4. The van der Waals surface area contributed by atoms with Gasteiger partial charge in [-0.15, -0.1) is 0 Å². The van der Waals surface area contributed by atoms with E-state index in [-0.39, 0.29) is 0 Å². The van der Waals surface area contributed by atoms with Crippen molar-refractivity contribution in [2.45, 2.75) is 51.4 Å². The van der Waals surface area contributed by atoms with Gasteiger partial charge in [0.15, 0.2) is 0 Å². The minimum absolute atomic E-state index is 1.34. The SMILES string of the molecule is C1CCC2=C(C1)SC(=C1SC3=C(CCCC3)S1)S2. The maximum Gasteiger partial charge on any atom is 0.0700 e. The van der Waals surface area contributed by atoms with Crippen LogP contribution in [-0.4, -0.2) is 0 Å². The highest BCUT2D eigenvalue weighted by molar-refractivity contribution is 8.34. The molecule has 0 aromatic rings. The molecule has 0 saturated heterocycles. The van der Waals surface area contributed by atoms with Gasteiger partial charge in [0.25, 0.3) is 0 Å². The second-order valence-corrected chi connectivity index (χ2v) is 10.0. The van der Waals surface area contributed by atoms with Crippen molar-refractivity contribution in [1.29, 1.82) is 0 Å². The van der Waals surface area contributed by atoms with Crippen molar-refractivity contribution in [2.75, 3.05) is 0 Å². The van der Waals surface area contributed by atoms with E-state index >= 15 is 0 Å². The third kappa shape index (κ3) is 2.23. The van der Waals surface area contributed by atoms with Crippen LogP contribution in [0.4, 0.5) is 0 Å². The lowest BCUT2D eigenvalue weighted by Crippen LogP contribution is -1.89. The zero-order valence-electron chi connectivity index (χ0n) is 10.3. The van der Waals surface area contributed by atoms with Crippen molar-refractivity contribution in [3.63, 3.8) is 0 Å². The second-order valence-electron chi connectivity index (χ2n) is 5.09. The molecule has 0 amide bonds. The first-order chi connectivity index (χ1) is 8.90. The van der Waals surface area contributed by atoms with E-state index in [9.17, 15) is 0 Å². The second kappa shape index (κ2) is 5.19. The number of hydrogen-bond acceptors (Lipinski definition) is 4. The van der Waals surface area contributed by atoms with Gasteiger partial charge in [-0.3, -0.25) is 0 Å². The molecule has 4 rings (SSSR count). The van der Waals surface area contributed by atoms with Crippen LogP contribution in [0.15, 0.2) is 28.1 Å². The highest BCUT2D eigenvalue weighted by Crippen LogP contribution is 2.63. The third-order valence-corrected chi connectivity index (χ3v) is 9.89. The Kier molecular flexibility index (Phi) is 3.57. The van der Waals surface area contributed by atoms with Crippen LogP contribution < -0.4 is 0 Å². The Morgan fingerprint density at radius 3 is 1.00 bits per heavy atom. The van der Waals surface area contributed by atoms with Crippen LogP contribution in [0.1, 0.15) is 51.4 Å². The third-order valence-electron chi connectivity index (χ3n) is 3.77. The molecule has 0 saturated carbocycles. The molecule has 0 aromatic heterocycles. The molecule has 0 unspecified atom stereocenters. The van der Waals surface area contributed by atoms with Gasteiger partial charge < -0.3 is 0 Å². The van der Waals surface area contributed by atoms with Gasteiger partial charge >= 0.3 is 0 Å². The van der Waals surface area contributed by atoms with Crippen LogP contribution in [0, 0.1) is 0 Å². The highest BCUT2D eigenvalue weighted by Gasteiger charge is 2.31. The zero-order chi connectivity index (χ0) is 11.9. The molecule has 0 fully saturated rings. The van der Waals surface area contributed by atoms with Crippen molar-refractivity contribution >= 4 is 47.0 Å². The average Bonchev–Trinajstić information content (AvgIpc) is 3.02. The minimum atomic E-state index is 1.34. The zero-order valence-corrected chi connectivity index (χ0v) is 13.6. The Bertz CT molecular complexity index is 400. The van der Waals surface area contributed by atoms with E-state index in [1.807, 2.05) is 0 Å². The molecule has 0 bridgehead atoms. The molecule has 0 aromatic carbocycles. The molecule has 0 N–H and O–H groups in total. The summed E-state index contributed by atoms with van der Waals surface area (Å²) < 4.78 is 3.21. The fourth-order valence-electron chi connectivity index (χ4n) is 2.79. The van der Waals surface area contributed by atoms with Crippen LogP contribution in [0.5, 0.6) is 0 Å². The Labute approximate surface area is 126 Å². The molecule has 2 heterocycles. The molecular weight excluding hydrogens is 296 g/mol. The van der Waals surface area contributed by atoms with Crippen LogP contribution in [0.3, 0.4) is 0 Å². The molecule has 4 heteroatoms. The van der Waals surface area contributed by atoms with Gasteiger partial charge in [-0.05, 0) is 51.4 Å². The number of hydrogen-bond donors (Lipinski definition) is 0. The Morgan fingerprint density at radius 2 is 0.722 bits per heavy atom. The van der Waals surface area contributed by atoms with E-state index in [4.69, 9.17) is 0 Å². The van der Waals surface area contributed by atoms with Gasteiger partial charge in [0, 0.05) is 19.6 Å². The molecule has 0 radical (unpaired) electrons. The quantitative estimate of drug-likeness (QED) is 0.491. The molecule has 96 valence electrons. The Balaban J connectivity index is 1.54. The molecular formula is C14H16S4. The van der Waals surface area contributed by atoms with Crippen LogP contribution >= 0.6 is 47.0 Å². The standard InChI is InChI=1S/C14H16S4/c1-2-6-10-9(5-1)15-13(16-10)14-17-11-7-3-4-8-12(11)18-14/h1-8H2. The summed E-state index contributed by atoms with van der Waals surface area (Å²) in [6.07, 6.45) is 11.0. The first kappa shape index (κ1) is 12.4. The van der Waals surface area contributed by atoms with Gasteiger partial charge in [0.1, 0.15) is 0 Å². The summed E-state index contributed by atoms with van der Waals surface area (Å²) in [6.45, 7) is 0. The molecule has 2 aliphatic heterocycles. The summed E-state index contributed by atoms with van der Waals surface area (Å²) in [5, 5.41) is 0. The number of rotatable bonds is 0. The van der Waals surface area contributed by atoms with Crippen LogP contribution in [-0.2, 0) is 0 Å². The monoisotopic (exact) mass is 312 g/mol. The first-order valence-electron chi connectivity index (χ1n) is 6.80. The summed E-state index contributed by atoms with van der Waals surface area (Å²) in [5.41, 5.74) is 0. The van der Waals surface area contributed by atoms with Crippen molar-refractivity contribution in [1.82, 2.24) is 0 Å². The molecule has 4 aliphatic rings. The van der Waals surface area contributed by atoms with E-state index in [2.05, 4.69) is 47.0 Å². The Morgan fingerprint density at radius 1 is 0.444 bits per heavy atom. The van der Waals surface area contributed by atoms with Gasteiger partial charge in [-0.25, -0.2) is 0 Å². The van der Waals surface area contributed by atoms with E-state index in [1.165, 1.54) is 51.4 Å². The van der Waals surface area contributed by atoms with Gasteiger partial charge in [-0.1, -0.05) is 47.0 Å².